The van der Waals surface area contributed by atoms with Gasteiger partial charge in [-0.2, -0.15) is 0 Å². The van der Waals surface area contributed by atoms with Crippen LogP contribution in [0.15, 0.2) is 55.1 Å². The van der Waals surface area contributed by atoms with Crippen LogP contribution in [0.3, 0.4) is 0 Å². The molecule has 0 atom stereocenters. The van der Waals surface area contributed by atoms with Gasteiger partial charge in [0.1, 0.15) is 23.9 Å². The first-order valence-electron chi connectivity index (χ1n) is 6.61. The van der Waals surface area contributed by atoms with Gasteiger partial charge in [0.25, 0.3) is 0 Å². The van der Waals surface area contributed by atoms with Crippen LogP contribution in [0.5, 0.6) is 11.5 Å². The van der Waals surface area contributed by atoms with Crippen LogP contribution < -0.4 is 14.8 Å². The third-order valence-electron chi connectivity index (χ3n) is 2.91. The molecular weight excluding hydrogens is 285 g/mol. The quantitative estimate of drug-likeness (QED) is 0.830. The number of halogens is 1. The molecule has 1 amide bonds. The van der Waals surface area contributed by atoms with E-state index in [1.807, 2.05) is 6.07 Å². The summed E-state index contributed by atoms with van der Waals surface area (Å²) in [6, 6.07) is 11.2. The molecule has 2 aromatic carbocycles. The van der Waals surface area contributed by atoms with Crippen molar-refractivity contribution in [2.75, 3.05) is 12.4 Å². The molecular formula is C17H16FNO3. The molecule has 0 aliphatic heterocycles. The van der Waals surface area contributed by atoms with Crippen LogP contribution in [0.2, 0.25) is 0 Å². The lowest BCUT2D eigenvalue weighted by Crippen LogP contribution is -2.09. The number of hydrogen-bond donors (Lipinski definition) is 1. The van der Waals surface area contributed by atoms with Gasteiger partial charge in [-0.1, -0.05) is 18.7 Å². The fourth-order valence-corrected chi connectivity index (χ4v) is 1.85. The second-order valence-electron chi connectivity index (χ2n) is 4.47. The Morgan fingerprint density at radius 2 is 2.14 bits per heavy atom. The number of amides is 1. The molecule has 22 heavy (non-hydrogen) atoms. The third kappa shape index (κ3) is 4.09. The van der Waals surface area contributed by atoms with E-state index in [2.05, 4.69) is 11.9 Å². The van der Waals surface area contributed by atoms with Crippen molar-refractivity contribution in [3.8, 4) is 11.5 Å². The van der Waals surface area contributed by atoms with Crippen molar-refractivity contribution in [1.29, 1.82) is 0 Å². The molecule has 0 saturated heterocycles. The summed E-state index contributed by atoms with van der Waals surface area (Å²) in [5.74, 6) is 0.282. The fraction of sp³-hybridized carbons (Fsp3) is 0.118. The van der Waals surface area contributed by atoms with E-state index in [1.54, 1.807) is 24.3 Å². The Morgan fingerprint density at radius 3 is 2.82 bits per heavy atom. The number of ether oxygens (including phenoxy) is 2. The van der Waals surface area contributed by atoms with E-state index >= 15 is 0 Å². The molecule has 4 nitrogen and oxygen atoms in total. The topological polar surface area (TPSA) is 47.6 Å². The predicted molar refractivity (Wildman–Crippen MR) is 82.6 cm³/mol. The first-order chi connectivity index (χ1) is 10.6. The van der Waals surface area contributed by atoms with E-state index in [-0.39, 0.29) is 18.3 Å². The molecule has 0 spiro atoms. The summed E-state index contributed by atoms with van der Waals surface area (Å²) in [6.07, 6.45) is 1.18. The Hall–Kier alpha value is -2.82. The van der Waals surface area contributed by atoms with Gasteiger partial charge in [-0.3, -0.25) is 4.79 Å². The van der Waals surface area contributed by atoms with E-state index < -0.39 is 0 Å². The number of anilines is 1. The molecule has 0 bridgehead atoms. The zero-order valence-electron chi connectivity index (χ0n) is 12.1. The summed E-state index contributed by atoms with van der Waals surface area (Å²) >= 11 is 0. The average Bonchev–Trinajstić information content (AvgIpc) is 2.53. The lowest BCUT2D eigenvalue weighted by molar-refractivity contribution is -0.111. The van der Waals surface area contributed by atoms with E-state index in [4.69, 9.17) is 9.47 Å². The zero-order valence-corrected chi connectivity index (χ0v) is 12.1. The average molecular weight is 301 g/mol. The number of hydrogen-bond acceptors (Lipinski definition) is 3. The lowest BCUT2D eigenvalue weighted by atomic mass is 10.2. The standard InChI is InChI=1S/C17H16FNO3/c1-3-17(20)19-15-9-12(7-8-16(15)21-2)11-22-14-6-4-5-13(18)10-14/h3-10H,1,11H2,2H3,(H,19,20). The molecule has 0 fully saturated rings. The van der Waals surface area contributed by atoms with Crippen molar-refractivity contribution in [3.63, 3.8) is 0 Å². The number of methoxy groups -OCH3 is 1. The van der Waals surface area contributed by atoms with Crippen molar-refractivity contribution in [3.05, 3.63) is 66.5 Å². The van der Waals surface area contributed by atoms with E-state index in [1.165, 1.54) is 25.3 Å². The molecule has 5 heteroatoms. The first-order valence-corrected chi connectivity index (χ1v) is 6.61. The molecule has 114 valence electrons. The van der Waals surface area contributed by atoms with Crippen LogP contribution in [0, 0.1) is 5.82 Å². The van der Waals surface area contributed by atoms with Gasteiger partial charge in [0.15, 0.2) is 0 Å². The van der Waals surface area contributed by atoms with Crippen LogP contribution in [-0.2, 0) is 11.4 Å². The summed E-state index contributed by atoms with van der Waals surface area (Å²) in [6.45, 7) is 3.65. The van der Waals surface area contributed by atoms with Gasteiger partial charge in [0, 0.05) is 6.07 Å². The maximum absolute atomic E-state index is 13.1. The van der Waals surface area contributed by atoms with Gasteiger partial charge in [-0.15, -0.1) is 0 Å². The normalized spacial score (nSPS) is 9.91. The van der Waals surface area contributed by atoms with Crippen LogP contribution in [0.1, 0.15) is 5.56 Å². The second kappa shape index (κ2) is 7.26. The molecule has 2 aromatic rings. The van der Waals surface area contributed by atoms with Crippen LogP contribution in [0.4, 0.5) is 10.1 Å². The van der Waals surface area contributed by atoms with Crippen molar-refractivity contribution in [2.24, 2.45) is 0 Å². The smallest absolute Gasteiger partial charge is 0.247 e. The molecule has 0 saturated carbocycles. The Kier molecular flexibility index (Phi) is 5.14. The molecule has 0 unspecified atom stereocenters. The summed E-state index contributed by atoms with van der Waals surface area (Å²) in [4.78, 5) is 11.4. The van der Waals surface area contributed by atoms with Gasteiger partial charge in [0.05, 0.1) is 12.8 Å². The molecule has 0 heterocycles. The number of rotatable bonds is 6. The zero-order chi connectivity index (χ0) is 15.9. The highest BCUT2D eigenvalue weighted by atomic mass is 19.1. The minimum atomic E-state index is -0.355. The van der Waals surface area contributed by atoms with Gasteiger partial charge < -0.3 is 14.8 Å². The highest BCUT2D eigenvalue weighted by Crippen LogP contribution is 2.26. The fourth-order valence-electron chi connectivity index (χ4n) is 1.85. The number of carbonyl (C=O) groups excluding carboxylic acids is 1. The Bertz CT molecular complexity index is 685. The van der Waals surface area contributed by atoms with E-state index in [0.717, 1.165) is 5.56 Å². The largest absolute Gasteiger partial charge is 0.495 e. The summed E-state index contributed by atoms with van der Waals surface area (Å²) in [5, 5.41) is 2.66. The highest BCUT2D eigenvalue weighted by Gasteiger charge is 2.07. The van der Waals surface area contributed by atoms with Crippen molar-refractivity contribution in [2.45, 2.75) is 6.61 Å². The molecule has 0 aliphatic carbocycles. The van der Waals surface area contributed by atoms with E-state index in [9.17, 15) is 9.18 Å². The minimum absolute atomic E-state index is 0.240. The first kappa shape index (κ1) is 15.6. The lowest BCUT2D eigenvalue weighted by Gasteiger charge is -2.12. The predicted octanol–water partition coefficient (Wildman–Crippen LogP) is 3.54. The van der Waals surface area contributed by atoms with Crippen LogP contribution >= 0.6 is 0 Å². The summed E-state index contributed by atoms with van der Waals surface area (Å²) < 4.78 is 23.8. The third-order valence-corrected chi connectivity index (χ3v) is 2.91. The van der Waals surface area contributed by atoms with Gasteiger partial charge in [-0.05, 0) is 35.9 Å². The Balaban J connectivity index is 2.12. The van der Waals surface area contributed by atoms with Gasteiger partial charge >= 0.3 is 0 Å². The highest BCUT2D eigenvalue weighted by molar-refractivity contribution is 5.99. The maximum Gasteiger partial charge on any atom is 0.247 e. The SMILES string of the molecule is C=CC(=O)Nc1cc(COc2cccc(F)c2)ccc1OC. The number of nitrogens with one attached hydrogen (secondary N) is 1. The Labute approximate surface area is 128 Å². The second-order valence-corrected chi connectivity index (χ2v) is 4.47. The van der Waals surface area contributed by atoms with Crippen LogP contribution in [-0.4, -0.2) is 13.0 Å². The maximum atomic E-state index is 13.1. The van der Waals surface area contributed by atoms with E-state index in [0.29, 0.717) is 17.2 Å². The molecule has 0 radical (unpaired) electrons. The van der Waals surface area contributed by atoms with Crippen LogP contribution in [0.25, 0.3) is 0 Å². The van der Waals surface area contributed by atoms with Crippen molar-refractivity contribution in [1.82, 2.24) is 0 Å². The van der Waals surface area contributed by atoms with Crippen molar-refractivity contribution >= 4 is 11.6 Å². The Morgan fingerprint density at radius 1 is 1.32 bits per heavy atom. The summed E-state index contributed by atoms with van der Waals surface area (Å²) in [5.41, 5.74) is 1.33. The number of benzene rings is 2. The van der Waals surface area contributed by atoms with Crippen molar-refractivity contribution < 1.29 is 18.7 Å². The molecule has 0 aromatic heterocycles. The minimum Gasteiger partial charge on any atom is -0.495 e. The molecule has 2 rings (SSSR count). The number of carbonyl (C=O) groups is 1. The molecule has 1 N–H and O–H groups in total. The van der Waals surface area contributed by atoms with Gasteiger partial charge in [0.2, 0.25) is 5.91 Å². The molecule has 0 aliphatic rings. The van der Waals surface area contributed by atoms with Gasteiger partial charge in [-0.25, -0.2) is 4.39 Å². The summed E-state index contributed by atoms with van der Waals surface area (Å²) in [7, 11) is 1.52. The monoisotopic (exact) mass is 301 g/mol.